The molecule has 9 N–H and O–H groups in total. The van der Waals surface area contributed by atoms with E-state index in [0.717, 1.165) is 6.42 Å². The van der Waals surface area contributed by atoms with Gasteiger partial charge in [0.05, 0.1) is 13.0 Å². The number of aromatic nitrogens is 1. The minimum Gasteiger partial charge on any atom is -0.481 e. The summed E-state index contributed by atoms with van der Waals surface area (Å²) in [5, 5.41) is 18.8. The highest BCUT2D eigenvalue weighted by Gasteiger charge is 2.19. The fraction of sp³-hybridized carbons (Fsp3) is 0.500. The molecule has 1 heterocycles. The zero-order chi connectivity index (χ0) is 16.5. The number of carboxylic acid groups (broad SMARTS) is 1. The van der Waals surface area contributed by atoms with Crippen molar-refractivity contribution in [3.63, 3.8) is 0 Å². The second kappa shape index (κ2) is 8.96. The van der Waals surface area contributed by atoms with Crippen molar-refractivity contribution in [2.24, 2.45) is 17.2 Å². The lowest BCUT2D eigenvalue weighted by Crippen LogP contribution is -2.78. The Morgan fingerprint density at radius 2 is 1.95 bits per heavy atom. The minimum atomic E-state index is -0.872. The second-order valence-corrected chi connectivity index (χ2v) is 5.23. The third-order valence-corrected chi connectivity index (χ3v) is 3.25. The van der Waals surface area contributed by atoms with Gasteiger partial charge in [-0.05, 0) is 18.4 Å². The van der Waals surface area contributed by atoms with Gasteiger partial charge >= 0.3 is 11.9 Å². The first-order chi connectivity index (χ1) is 10.4. The Bertz CT molecular complexity index is 500. The Labute approximate surface area is 129 Å². The van der Waals surface area contributed by atoms with Crippen LogP contribution in [0.4, 0.5) is 0 Å². The molecular formula is C14H25N5O3+2. The van der Waals surface area contributed by atoms with Gasteiger partial charge in [0, 0.05) is 18.2 Å². The highest BCUT2D eigenvalue weighted by molar-refractivity contribution is 5.70. The lowest BCUT2D eigenvalue weighted by atomic mass is 10.1. The largest absolute Gasteiger partial charge is 0.481 e. The number of aliphatic carboxylic acids is 1. The monoisotopic (exact) mass is 311 g/mol. The van der Waals surface area contributed by atoms with Crippen molar-refractivity contribution in [1.29, 1.82) is 0 Å². The van der Waals surface area contributed by atoms with Gasteiger partial charge in [0.25, 0.3) is 0 Å². The van der Waals surface area contributed by atoms with Gasteiger partial charge in [0.2, 0.25) is 0 Å². The van der Waals surface area contributed by atoms with Crippen molar-refractivity contribution in [2.75, 3.05) is 6.54 Å². The number of nitrogens with one attached hydrogen (secondary N) is 1. The molecule has 0 aliphatic carbocycles. The van der Waals surface area contributed by atoms with E-state index in [4.69, 9.17) is 22.3 Å². The molecule has 22 heavy (non-hydrogen) atoms. The summed E-state index contributed by atoms with van der Waals surface area (Å²) in [6.45, 7) is 0.965. The van der Waals surface area contributed by atoms with Gasteiger partial charge in [-0.25, -0.2) is 4.57 Å². The first-order valence-electron chi connectivity index (χ1n) is 7.13. The molecule has 8 heteroatoms. The van der Waals surface area contributed by atoms with Crippen LogP contribution in [0.25, 0.3) is 0 Å². The van der Waals surface area contributed by atoms with Gasteiger partial charge in [-0.15, -0.1) is 0 Å². The minimum absolute atomic E-state index is 0.0167. The molecule has 0 aliphatic heterocycles. The van der Waals surface area contributed by atoms with E-state index in [1.807, 2.05) is 0 Å². The van der Waals surface area contributed by atoms with E-state index >= 15 is 0 Å². The summed E-state index contributed by atoms with van der Waals surface area (Å²) >= 11 is 0. The molecule has 0 spiro atoms. The summed E-state index contributed by atoms with van der Waals surface area (Å²) in [7, 11) is 0. The molecule has 8 nitrogen and oxygen atoms in total. The van der Waals surface area contributed by atoms with Gasteiger partial charge in [0.1, 0.15) is 6.10 Å². The van der Waals surface area contributed by atoms with Crippen LogP contribution in [0.1, 0.15) is 18.4 Å². The SMILES string of the molecule is NC(N)=[NH+]CCC[C@H](N)[C@H](O)C[n+]1ccc(CC(=O)O)cc1. The van der Waals surface area contributed by atoms with Crippen molar-refractivity contribution in [3.8, 4) is 0 Å². The fourth-order valence-corrected chi connectivity index (χ4v) is 2.02. The molecular weight excluding hydrogens is 286 g/mol. The number of rotatable bonds is 9. The number of guanidine groups is 1. The van der Waals surface area contributed by atoms with Crippen LogP contribution in [0.2, 0.25) is 0 Å². The van der Waals surface area contributed by atoms with Crippen LogP contribution in [0.5, 0.6) is 0 Å². The summed E-state index contributed by atoms with van der Waals surface area (Å²) in [4.78, 5) is 13.4. The average molecular weight is 311 g/mol. The van der Waals surface area contributed by atoms with Gasteiger partial charge in [-0.1, -0.05) is 0 Å². The molecule has 0 fully saturated rings. The summed E-state index contributed by atoms with van der Waals surface area (Å²) in [5.74, 6) is -0.699. The van der Waals surface area contributed by atoms with E-state index in [1.54, 1.807) is 29.1 Å². The predicted octanol–water partition coefficient (Wildman–Crippen LogP) is -3.58. The molecule has 0 aromatic carbocycles. The van der Waals surface area contributed by atoms with Crippen molar-refractivity contribution in [3.05, 3.63) is 30.1 Å². The summed E-state index contributed by atoms with van der Waals surface area (Å²) < 4.78 is 1.78. The highest BCUT2D eigenvalue weighted by Crippen LogP contribution is 2.01. The first kappa shape index (κ1) is 17.9. The number of nitrogens with two attached hydrogens (primary N) is 3. The van der Waals surface area contributed by atoms with E-state index in [9.17, 15) is 9.90 Å². The number of aliphatic hydroxyl groups is 1. The molecule has 1 rings (SSSR count). The zero-order valence-corrected chi connectivity index (χ0v) is 12.5. The smallest absolute Gasteiger partial charge is 0.338 e. The number of nitrogens with zero attached hydrogens (tertiary/aromatic N) is 1. The summed E-state index contributed by atoms with van der Waals surface area (Å²) in [5.41, 5.74) is 17.2. The van der Waals surface area contributed by atoms with Crippen molar-refractivity contribution in [1.82, 2.24) is 0 Å². The molecule has 2 atom stereocenters. The van der Waals surface area contributed by atoms with Gasteiger partial charge in [-0.2, -0.15) is 0 Å². The van der Waals surface area contributed by atoms with E-state index in [2.05, 4.69) is 4.99 Å². The van der Waals surface area contributed by atoms with Crippen LogP contribution in [-0.4, -0.2) is 40.8 Å². The molecule has 1 aromatic rings. The van der Waals surface area contributed by atoms with Crippen LogP contribution in [0.15, 0.2) is 24.5 Å². The van der Waals surface area contributed by atoms with Crippen LogP contribution in [0.3, 0.4) is 0 Å². The number of hydrogen-bond donors (Lipinski definition) is 6. The summed E-state index contributed by atoms with van der Waals surface area (Å²) in [6.07, 6.45) is 4.16. The normalized spacial score (nSPS) is 13.4. The Kier molecular flexibility index (Phi) is 7.27. The van der Waals surface area contributed by atoms with Crippen LogP contribution in [-0.2, 0) is 17.8 Å². The number of carboxylic acids is 1. The second-order valence-electron chi connectivity index (χ2n) is 5.23. The molecule has 0 unspecified atom stereocenters. The maximum atomic E-state index is 10.6. The Hall–Kier alpha value is -2.19. The number of pyridine rings is 1. The van der Waals surface area contributed by atoms with Crippen molar-refractivity contribution >= 4 is 11.9 Å². The van der Waals surface area contributed by atoms with Crippen molar-refractivity contribution in [2.45, 2.75) is 38.0 Å². The fourth-order valence-electron chi connectivity index (χ4n) is 2.02. The average Bonchev–Trinajstić information content (AvgIpc) is 2.44. The third-order valence-electron chi connectivity index (χ3n) is 3.25. The molecule has 0 saturated carbocycles. The number of hydrogen-bond acceptors (Lipinski definition) is 3. The van der Waals surface area contributed by atoms with E-state index in [0.29, 0.717) is 25.1 Å². The van der Waals surface area contributed by atoms with E-state index in [1.165, 1.54) is 0 Å². The van der Waals surface area contributed by atoms with E-state index < -0.39 is 12.1 Å². The van der Waals surface area contributed by atoms with Gasteiger partial charge in [-0.3, -0.25) is 21.3 Å². The van der Waals surface area contributed by atoms with Gasteiger partial charge < -0.3 is 15.9 Å². The zero-order valence-electron chi connectivity index (χ0n) is 12.5. The molecule has 1 aromatic heterocycles. The standard InChI is InChI=1S/C14H23N5O3/c15-11(2-1-5-18-14(16)17)12(20)9-19-6-3-10(4-7-19)8-13(21)22/h3-4,6-7,11-12,20H,1-2,5,8-9,15H2,(H4-,16,17,18,21,22)/p+2/t11-,12+/m0/s1. The third kappa shape index (κ3) is 7.00. The Morgan fingerprint density at radius 3 is 2.50 bits per heavy atom. The number of carbonyl (C=O) groups is 1. The topological polar surface area (TPSA) is 153 Å². The Balaban J connectivity index is 2.41. The molecule has 0 saturated heterocycles. The van der Waals surface area contributed by atoms with Crippen molar-refractivity contribution < 1.29 is 24.6 Å². The van der Waals surface area contributed by atoms with Gasteiger partial charge in [0.15, 0.2) is 18.9 Å². The maximum absolute atomic E-state index is 10.6. The Morgan fingerprint density at radius 1 is 1.32 bits per heavy atom. The molecule has 122 valence electrons. The van der Waals surface area contributed by atoms with Crippen LogP contribution in [0, 0.1) is 0 Å². The van der Waals surface area contributed by atoms with E-state index in [-0.39, 0.29) is 18.4 Å². The number of aliphatic hydroxyl groups excluding tert-OH is 1. The highest BCUT2D eigenvalue weighted by atomic mass is 16.4. The van der Waals surface area contributed by atoms with Crippen LogP contribution >= 0.6 is 0 Å². The molecule has 0 amide bonds. The molecule has 0 radical (unpaired) electrons. The predicted molar refractivity (Wildman–Crippen MR) is 80.4 cm³/mol. The molecule has 0 aliphatic rings. The maximum Gasteiger partial charge on any atom is 0.338 e. The summed E-state index contributed by atoms with van der Waals surface area (Å²) in [6, 6.07) is 3.08. The lowest BCUT2D eigenvalue weighted by molar-refractivity contribution is -0.704. The molecule has 0 bridgehead atoms. The first-order valence-corrected chi connectivity index (χ1v) is 7.13. The quantitative estimate of drug-likeness (QED) is 0.120. The van der Waals surface area contributed by atoms with Crippen LogP contribution < -0.4 is 26.8 Å². The lowest BCUT2D eigenvalue weighted by Gasteiger charge is -2.15.